The Balaban J connectivity index is -0.00000137. The molecule has 5 saturated carbocycles. The van der Waals surface area contributed by atoms with Crippen molar-refractivity contribution >= 4 is 47.8 Å². The van der Waals surface area contributed by atoms with E-state index in [0.29, 0.717) is 131 Å². The third-order valence-electron chi connectivity index (χ3n) is 23.6. The first-order valence-corrected chi connectivity index (χ1v) is 45.9. The highest BCUT2D eigenvalue weighted by molar-refractivity contribution is 5.78. The van der Waals surface area contributed by atoms with Crippen LogP contribution in [0.25, 0.3) is 0 Å². The molecule has 5 fully saturated rings. The van der Waals surface area contributed by atoms with E-state index in [1.54, 1.807) is 28.4 Å². The number of rotatable bonds is 53. The number of esters is 8. The van der Waals surface area contributed by atoms with Crippen molar-refractivity contribution in [3.63, 3.8) is 0 Å². The number of hydrogen-bond acceptors (Lipinski definition) is 28. The van der Waals surface area contributed by atoms with Gasteiger partial charge in [0.15, 0.2) is 27.2 Å². The lowest BCUT2D eigenvalue weighted by Gasteiger charge is -2.53. The number of hydrogen-bond donors (Lipinski definition) is 0. The summed E-state index contributed by atoms with van der Waals surface area (Å²) >= 11 is 0. The van der Waals surface area contributed by atoms with Crippen molar-refractivity contribution in [1.29, 1.82) is 0 Å². The Kier molecular flexibility index (Phi) is 69.6. The van der Waals surface area contributed by atoms with Gasteiger partial charge in [-0.25, -0.2) is 0 Å². The second kappa shape index (κ2) is 70.3. The molecule has 734 valence electrons. The fourth-order valence-electron chi connectivity index (χ4n) is 11.2. The third kappa shape index (κ3) is 58.0. The molecule has 0 aliphatic heterocycles. The maximum Gasteiger partial charge on any atom is 0.313 e. The number of methoxy groups -OCH3 is 4. The highest BCUT2D eigenvalue weighted by atomic mass is 16.7. The van der Waals surface area contributed by atoms with Crippen LogP contribution in [0.2, 0.25) is 0 Å². The van der Waals surface area contributed by atoms with Gasteiger partial charge < -0.3 is 94.7 Å². The van der Waals surface area contributed by atoms with Gasteiger partial charge in [0.1, 0.15) is 26.4 Å². The fraction of sp³-hybridized carbons (Fsp3) is 0.856. The zero-order chi connectivity index (χ0) is 95.6. The van der Waals surface area contributed by atoms with Gasteiger partial charge in [0, 0.05) is 35.0 Å². The number of benzene rings is 1. The van der Waals surface area contributed by atoms with Crippen molar-refractivity contribution in [2.24, 2.45) is 67.0 Å². The third-order valence-corrected chi connectivity index (χ3v) is 23.6. The largest absolute Gasteiger partial charge is 0.463 e. The lowest BCUT2D eigenvalue weighted by molar-refractivity contribution is -0.193. The Morgan fingerprint density at radius 1 is 0.280 bits per heavy atom. The molecule has 0 aromatic heterocycles. The van der Waals surface area contributed by atoms with Gasteiger partial charge in [-0.15, -0.1) is 0 Å². The Morgan fingerprint density at radius 3 is 0.792 bits per heavy atom. The van der Waals surface area contributed by atoms with Crippen LogP contribution in [0, 0.1) is 67.0 Å². The molecule has 4 bridgehead atoms. The fourth-order valence-corrected chi connectivity index (χ4v) is 11.2. The predicted octanol–water partition coefficient (Wildman–Crippen LogP) is 18.7. The van der Waals surface area contributed by atoms with Gasteiger partial charge in [0.25, 0.3) is 0 Å². The van der Waals surface area contributed by atoms with Gasteiger partial charge in [-0.3, -0.25) is 38.4 Å². The highest BCUT2D eigenvalue weighted by Crippen LogP contribution is 2.54. The van der Waals surface area contributed by atoms with Gasteiger partial charge in [-0.05, 0) is 243 Å². The van der Waals surface area contributed by atoms with Crippen LogP contribution in [0.15, 0.2) is 30.3 Å². The van der Waals surface area contributed by atoms with E-state index in [4.69, 9.17) is 94.7 Å². The summed E-state index contributed by atoms with van der Waals surface area (Å²) in [5.74, 6) is 1.99. The average molecular weight is 1790 g/mol. The molecule has 6 rings (SSSR count). The normalized spacial score (nSPS) is 16.7. The van der Waals surface area contributed by atoms with E-state index in [-0.39, 0.29) is 74.9 Å². The van der Waals surface area contributed by atoms with Crippen LogP contribution in [-0.2, 0) is 140 Å². The average Bonchev–Trinajstić information content (AvgIpc) is 0.763. The van der Waals surface area contributed by atoms with Crippen LogP contribution < -0.4 is 0 Å². The Bertz CT molecular complexity index is 2730. The minimum absolute atomic E-state index is 0.0111. The van der Waals surface area contributed by atoms with Crippen LogP contribution in [0.3, 0.4) is 0 Å². The molecule has 5 aliphatic rings. The number of ether oxygens (including phenoxy) is 20. The second-order valence-electron chi connectivity index (χ2n) is 36.9. The van der Waals surface area contributed by atoms with Crippen molar-refractivity contribution in [2.45, 2.75) is 307 Å². The van der Waals surface area contributed by atoms with Crippen molar-refractivity contribution in [3.05, 3.63) is 35.9 Å². The van der Waals surface area contributed by atoms with Crippen LogP contribution in [0.4, 0.5) is 0 Å². The molecular formula is C97H178O28. The summed E-state index contributed by atoms with van der Waals surface area (Å²) in [4.78, 5) is 92.4. The molecule has 0 radical (unpaired) electrons. The zero-order valence-electron chi connectivity index (χ0n) is 83.6. The first-order chi connectivity index (χ1) is 58.8. The minimum atomic E-state index is -0.434. The second-order valence-corrected chi connectivity index (χ2v) is 36.9. The standard InChI is InChI=1S/C17H28O3.C14H20O3.C13H24O3.4C11H22O4.C9H18O3/c1-4-17(2,3)16(18)20-10-19-15-13-6-11-5-12(8-13)9-14(15)7-11;1-4-14(2,3)13(15)17-11-16-10-12-8-6-5-7-9-12;1-4-13(2,3)12(14)16-10-15-11-8-6-5-7-9-11;4*1-5-11(2,3)10(12)15-9-8-14-7-6-13-4;1-5-9(3,4)8(10)12-7-11-6-2/h11-15H,4-10H2,1-3H3;5-9H,4,10-11H2,1-3H3;11H,4-10H2,1-3H3;4*5-9H2,1-4H3;5-7H2,1-4H3. The summed E-state index contributed by atoms with van der Waals surface area (Å²) in [6, 6.07) is 9.79. The molecule has 0 amide bonds. The summed E-state index contributed by atoms with van der Waals surface area (Å²) in [6.45, 7) is 56.5. The Labute approximate surface area is 755 Å². The molecule has 125 heavy (non-hydrogen) atoms. The number of carbonyl (C=O) groups is 8. The molecule has 1 aromatic carbocycles. The van der Waals surface area contributed by atoms with Gasteiger partial charge >= 0.3 is 47.8 Å². The molecule has 1 aromatic rings. The van der Waals surface area contributed by atoms with Crippen LogP contribution in [-0.4, -0.2) is 228 Å². The summed E-state index contributed by atoms with van der Waals surface area (Å²) in [7, 11) is 6.47. The number of carbonyl (C=O) groups excluding carboxylic acids is 8. The monoisotopic (exact) mass is 1790 g/mol. The highest BCUT2D eigenvalue weighted by Gasteiger charge is 2.49. The van der Waals surface area contributed by atoms with E-state index >= 15 is 0 Å². The van der Waals surface area contributed by atoms with E-state index in [2.05, 4.69) is 0 Å². The molecule has 0 spiro atoms. The topological polar surface area (TPSA) is 321 Å². The van der Waals surface area contributed by atoms with Crippen molar-refractivity contribution in [2.75, 3.05) is 168 Å². The van der Waals surface area contributed by atoms with E-state index in [1.165, 1.54) is 51.4 Å². The van der Waals surface area contributed by atoms with Gasteiger partial charge in [0.05, 0.1) is 141 Å². The molecular weight excluding hydrogens is 1610 g/mol. The van der Waals surface area contributed by atoms with Crippen molar-refractivity contribution in [3.8, 4) is 0 Å². The van der Waals surface area contributed by atoms with E-state index < -0.39 is 43.3 Å². The minimum Gasteiger partial charge on any atom is -0.463 e. The zero-order valence-corrected chi connectivity index (χ0v) is 83.6. The molecule has 0 unspecified atom stereocenters. The molecule has 0 saturated heterocycles. The summed E-state index contributed by atoms with van der Waals surface area (Å²) in [5, 5.41) is 0. The van der Waals surface area contributed by atoms with Crippen LogP contribution in [0.1, 0.15) is 294 Å². The van der Waals surface area contributed by atoms with Crippen molar-refractivity contribution in [1.82, 2.24) is 0 Å². The quantitative estimate of drug-likeness (QED) is 0.0253. The smallest absolute Gasteiger partial charge is 0.313 e. The Morgan fingerprint density at radius 2 is 0.528 bits per heavy atom. The van der Waals surface area contributed by atoms with Crippen LogP contribution >= 0.6 is 0 Å². The van der Waals surface area contributed by atoms with E-state index in [9.17, 15) is 38.4 Å². The first-order valence-electron chi connectivity index (χ1n) is 45.9. The lowest BCUT2D eigenvalue weighted by Crippen LogP contribution is -2.49. The predicted molar refractivity (Wildman–Crippen MR) is 484 cm³/mol. The van der Waals surface area contributed by atoms with Gasteiger partial charge in [0.2, 0.25) is 0 Å². The maximum atomic E-state index is 11.9. The van der Waals surface area contributed by atoms with E-state index in [1.807, 2.05) is 203 Å². The van der Waals surface area contributed by atoms with Gasteiger partial charge in [-0.2, -0.15) is 0 Å². The molecule has 0 atom stereocenters. The summed E-state index contributed by atoms with van der Waals surface area (Å²) in [5.41, 5.74) is -2.13. The van der Waals surface area contributed by atoms with Crippen LogP contribution in [0.5, 0.6) is 0 Å². The SMILES string of the molecule is CCC(C)(C)C(=O)OCCOCCOC.CCC(C)(C)C(=O)OCCOCCOC.CCC(C)(C)C(=O)OCCOCCOC.CCC(C)(C)C(=O)OCCOCCOC.CCC(C)(C)C(=O)OCOC1C2CC3CC(C2)CC1C3.CCC(C)(C)C(=O)OCOC1CCCCC1.CCC(C)(C)C(=O)OCOCc1ccccc1.CCOCOC(=O)C(C)(C)CC. The molecule has 5 aliphatic carbocycles. The molecule has 28 heteroatoms. The van der Waals surface area contributed by atoms with E-state index in [0.717, 1.165) is 93.4 Å². The van der Waals surface area contributed by atoms with Gasteiger partial charge in [-0.1, -0.05) is 105 Å². The molecule has 0 N–H and O–H groups in total. The summed E-state index contributed by atoms with van der Waals surface area (Å²) in [6.07, 6.45) is 19.7. The lowest BCUT2D eigenvalue weighted by atomic mass is 9.55. The molecule has 28 nitrogen and oxygen atoms in total. The molecule has 0 heterocycles. The summed E-state index contributed by atoms with van der Waals surface area (Å²) < 4.78 is 102. The van der Waals surface area contributed by atoms with Crippen molar-refractivity contribution < 1.29 is 133 Å². The first kappa shape index (κ1) is 124. The Hall–Kier alpha value is -5.50. The maximum absolute atomic E-state index is 11.9.